The van der Waals surface area contributed by atoms with Gasteiger partial charge in [0.1, 0.15) is 0 Å². The van der Waals surface area contributed by atoms with Crippen molar-refractivity contribution in [1.29, 1.82) is 0 Å². The number of fused-ring (bicyclic) bond motifs is 4. The third kappa shape index (κ3) is 12.9. The van der Waals surface area contributed by atoms with E-state index in [4.69, 9.17) is 5.73 Å². The molecule has 0 saturated carbocycles. The van der Waals surface area contributed by atoms with Crippen LogP contribution in [0.5, 0.6) is 0 Å². The number of nitrogen functional groups attached to an aromatic ring is 1. The fourth-order valence-corrected chi connectivity index (χ4v) is 7.55. The maximum absolute atomic E-state index is 6.06. The first-order chi connectivity index (χ1) is 28.9. The van der Waals surface area contributed by atoms with Gasteiger partial charge in [0, 0.05) is 14.9 Å². The number of rotatable bonds is 4. The Labute approximate surface area is 355 Å². The standard InChI is InChI=1S/C38H35N.C11H10S.C8H10/c1-3-4-12-21-33-29-34-22-14-10-8-6-5-7-9-13-19-31(32-26-27-38(39)30(2)28-32)20-15-11-16-23-35(34)37-25-18-17-24-36(33)37;1-3-9-8(2)12-11-7-5-4-6-10(9)11;1-2-8-6-4-3-5-7-8/h3-29H,39H2,1-2H3;3-7H,2H2,1H3;3-7H,2H2,1H3/b4-3-,6-5?,7-5?,8-6?,9-7?,10-8?,13-9?,14-10?,15-11?,16-11?,19-13?,20-15?,21-12-,22-14?,23-16?,31-19?,31-20?,34-22?,35-23?;9-3+;. The summed E-state index contributed by atoms with van der Waals surface area (Å²) in [5.41, 5.74) is 12.8. The third-order valence-corrected chi connectivity index (χ3v) is 10.7. The number of anilines is 1. The predicted molar refractivity (Wildman–Crippen MR) is 265 cm³/mol. The van der Waals surface area contributed by atoms with Crippen molar-refractivity contribution in [1.82, 2.24) is 0 Å². The molecule has 6 aromatic carbocycles. The lowest BCUT2D eigenvalue weighted by atomic mass is 9.98. The molecule has 0 aliphatic heterocycles. The van der Waals surface area contributed by atoms with Gasteiger partial charge in [-0.1, -0.05) is 214 Å². The first-order valence-electron chi connectivity index (χ1n) is 20.2. The highest BCUT2D eigenvalue weighted by Gasteiger charge is 2.03. The van der Waals surface area contributed by atoms with Crippen LogP contribution in [-0.4, -0.2) is 0 Å². The molecule has 7 rings (SSSR count). The average Bonchev–Trinajstić information content (AvgIpc) is 3.60. The number of nitrogens with two attached hydrogens (primary N) is 1. The summed E-state index contributed by atoms with van der Waals surface area (Å²) in [6.45, 7) is 12.3. The quantitative estimate of drug-likeness (QED) is 0.140. The Kier molecular flexibility index (Phi) is 17.3. The van der Waals surface area contributed by atoms with Crippen LogP contribution < -0.4 is 15.5 Å². The molecule has 0 radical (unpaired) electrons. The van der Waals surface area contributed by atoms with Crippen LogP contribution in [0, 0.1) is 6.92 Å². The summed E-state index contributed by atoms with van der Waals surface area (Å²) >= 11 is 1.76. The molecule has 0 aliphatic rings. The average molecular weight is 786 g/mol. The highest BCUT2D eigenvalue weighted by Crippen LogP contribution is 2.29. The Morgan fingerprint density at radius 3 is 1.71 bits per heavy atom. The molecule has 1 nitrogen and oxygen atoms in total. The van der Waals surface area contributed by atoms with Gasteiger partial charge in [0.2, 0.25) is 0 Å². The molecule has 0 saturated heterocycles. The Bertz CT molecular complexity index is 2830. The highest BCUT2D eigenvalue weighted by molar-refractivity contribution is 7.17. The summed E-state index contributed by atoms with van der Waals surface area (Å²) in [6.07, 6.45) is 11.6. The van der Waals surface area contributed by atoms with E-state index in [9.17, 15) is 0 Å². The molecule has 0 fully saturated rings. The van der Waals surface area contributed by atoms with Gasteiger partial charge in [-0.25, -0.2) is 0 Å². The van der Waals surface area contributed by atoms with Crippen molar-refractivity contribution in [2.75, 3.05) is 5.73 Å². The molecule has 0 bridgehead atoms. The summed E-state index contributed by atoms with van der Waals surface area (Å²) < 4.78 is 2.49. The zero-order valence-electron chi connectivity index (χ0n) is 34.8. The van der Waals surface area contributed by atoms with Crippen LogP contribution in [0.1, 0.15) is 37.5 Å². The van der Waals surface area contributed by atoms with Crippen LogP contribution in [-0.2, 0) is 6.42 Å². The van der Waals surface area contributed by atoms with E-state index in [2.05, 4.69) is 196 Å². The molecule has 294 valence electrons. The van der Waals surface area contributed by atoms with Gasteiger partial charge in [0.05, 0.1) is 0 Å². The third-order valence-electron chi connectivity index (χ3n) is 9.67. The predicted octanol–water partition coefficient (Wildman–Crippen LogP) is 14.9. The van der Waals surface area contributed by atoms with Crippen molar-refractivity contribution in [3.63, 3.8) is 0 Å². The molecule has 0 atom stereocenters. The zero-order chi connectivity index (χ0) is 41.7. The smallest absolute Gasteiger partial charge is 0.0355 e. The van der Waals surface area contributed by atoms with Crippen LogP contribution in [0.3, 0.4) is 0 Å². The van der Waals surface area contributed by atoms with Crippen molar-refractivity contribution in [3.8, 4) is 11.1 Å². The molecule has 0 spiro atoms. The SMILES string of the molecule is C/C=C\C=C/c1cc2ccccccccccc(-c3ccc(N)c(C)c3)cccccc2c2ccccc12.C=c1sc2ccccc2/c1=C/C.CCc1ccccc1. The second-order valence-corrected chi connectivity index (χ2v) is 14.9. The highest BCUT2D eigenvalue weighted by atomic mass is 32.1. The molecule has 59 heavy (non-hydrogen) atoms. The minimum absolute atomic E-state index is 0.806. The fraction of sp³-hybridized carbons (Fsp3) is 0.0877. The minimum atomic E-state index is 0.806. The summed E-state index contributed by atoms with van der Waals surface area (Å²) in [6, 6.07) is 67.2. The van der Waals surface area contributed by atoms with E-state index >= 15 is 0 Å². The van der Waals surface area contributed by atoms with E-state index in [-0.39, 0.29) is 0 Å². The maximum atomic E-state index is 6.06. The van der Waals surface area contributed by atoms with Crippen molar-refractivity contribution < 1.29 is 0 Å². The van der Waals surface area contributed by atoms with Gasteiger partial charge in [-0.15, -0.1) is 11.3 Å². The van der Waals surface area contributed by atoms with Crippen LogP contribution in [0.25, 0.3) is 61.5 Å². The number of allylic oxidation sites excluding steroid dienone is 3. The first-order valence-corrected chi connectivity index (χ1v) is 21.0. The van der Waals surface area contributed by atoms with Crippen LogP contribution in [0.2, 0.25) is 0 Å². The summed E-state index contributed by atoms with van der Waals surface area (Å²) in [4.78, 5) is 0. The largest absolute Gasteiger partial charge is 0.399 e. The minimum Gasteiger partial charge on any atom is -0.399 e. The Morgan fingerprint density at radius 1 is 0.542 bits per heavy atom. The Hall–Kier alpha value is -6.74. The van der Waals surface area contributed by atoms with Crippen molar-refractivity contribution in [2.45, 2.75) is 34.1 Å². The second-order valence-electron chi connectivity index (χ2n) is 13.8. The number of thiophene rings is 1. The number of aryl methyl sites for hydroxylation is 2. The Balaban J connectivity index is 0.000000266. The monoisotopic (exact) mass is 785 g/mol. The van der Waals surface area contributed by atoms with Crippen molar-refractivity contribution in [3.05, 3.63) is 239 Å². The van der Waals surface area contributed by atoms with E-state index in [0.717, 1.165) is 28.8 Å². The molecular weight excluding hydrogens is 731 g/mol. The van der Waals surface area contributed by atoms with E-state index in [0.29, 0.717) is 0 Å². The second kappa shape index (κ2) is 23.5. The summed E-state index contributed by atoms with van der Waals surface area (Å²) in [5.74, 6) is 0. The fourth-order valence-electron chi connectivity index (χ4n) is 6.51. The molecule has 7 aromatic rings. The van der Waals surface area contributed by atoms with Crippen LogP contribution in [0.4, 0.5) is 5.69 Å². The molecule has 0 amide bonds. The Morgan fingerprint density at radius 2 is 1.08 bits per heavy atom. The topological polar surface area (TPSA) is 26.0 Å². The van der Waals surface area contributed by atoms with E-state index in [1.165, 1.54) is 52.5 Å². The lowest BCUT2D eigenvalue weighted by Gasteiger charge is -2.06. The van der Waals surface area contributed by atoms with E-state index in [1.54, 1.807) is 11.3 Å². The molecule has 0 unspecified atom stereocenters. The normalized spacial score (nSPS) is 10.9. The molecular formula is C57H55NS. The lowest BCUT2D eigenvalue weighted by Crippen LogP contribution is -2.15. The lowest BCUT2D eigenvalue weighted by molar-refractivity contribution is 1.14. The summed E-state index contributed by atoms with van der Waals surface area (Å²) in [7, 11) is 0. The first kappa shape index (κ1) is 43.4. The number of hydrogen-bond acceptors (Lipinski definition) is 2. The maximum Gasteiger partial charge on any atom is 0.0355 e. The number of benzene rings is 5. The zero-order valence-corrected chi connectivity index (χ0v) is 35.6. The molecule has 2 heteroatoms. The molecule has 1 aromatic heterocycles. The van der Waals surface area contributed by atoms with Gasteiger partial charge in [-0.05, 0) is 111 Å². The van der Waals surface area contributed by atoms with Gasteiger partial charge in [-0.2, -0.15) is 0 Å². The van der Waals surface area contributed by atoms with E-state index in [1.807, 2.05) is 62.4 Å². The van der Waals surface area contributed by atoms with Gasteiger partial charge < -0.3 is 5.73 Å². The molecule has 2 N–H and O–H groups in total. The number of hydrogen-bond donors (Lipinski definition) is 1. The van der Waals surface area contributed by atoms with Crippen molar-refractivity contribution in [2.24, 2.45) is 0 Å². The van der Waals surface area contributed by atoms with Crippen LogP contribution in [0.15, 0.2) is 212 Å². The van der Waals surface area contributed by atoms with Gasteiger partial charge in [0.25, 0.3) is 0 Å². The summed E-state index contributed by atoms with van der Waals surface area (Å²) in [5, 5.41) is 7.44. The van der Waals surface area contributed by atoms with Gasteiger partial charge in [0.15, 0.2) is 0 Å². The molecule has 1 heterocycles. The molecule has 0 aliphatic carbocycles. The van der Waals surface area contributed by atoms with Gasteiger partial charge >= 0.3 is 0 Å². The van der Waals surface area contributed by atoms with Gasteiger partial charge in [-0.3, -0.25) is 0 Å². The van der Waals surface area contributed by atoms with Crippen molar-refractivity contribution >= 4 is 67.4 Å². The van der Waals surface area contributed by atoms with Crippen LogP contribution >= 0.6 is 11.3 Å². The van der Waals surface area contributed by atoms with E-state index < -0.39 is 0 Å².